The van der Waals surface area contributed by atoms with Gasteiger partial charge in [0.05, 0.1) is 13.2 Å². The number of rotatable bonds is 12. The Hall–Kier alpha value is -1.37. The molecule has 0 spiro atoms. The molecule has 0 saturated heterocycles. The first-order chi connectivity index (χ1) is 9.16. The molecule has 108 valence electrons. The minimum atomic E-state index is -1.31. The summed E-state index contributed by atoms with van der Waals surface area (Å²) in [5.74, 6) is -0.857. The zero-order valence-electron chi connectivity index (χ0n) is 11.3. The molecule has 0 saturated carbocycles. The summed E-state index contributed by atoms with van der Waals surface area (Å²) in [5, 5.41) is 2.47. The van der Waals surface area contributed by atoms with Gasteiger partial charge in [-0.1, -0.05) is 12.2 Å². The fourth-order valence-electron chi connectivity index (χ4n) is 1.50. The SMILES string of the molecule is C=CCCC(CC=C)(OCOCCOC)C(=O)N=O. The Morgan fingerprint density at radius 2 is 2.05 bits per heavy atom. The van der Waals surface area contributed by atoms with E-state index in [-0.39, 0.29) is 13.2 Å². The molecular formula is C13H21NO5. The van der Waals surface area contributed by atoms with E-state index in [0.717, 1.165) is 0 Å². The third-order valence-electron chi connectivity index (χ3n) is 2.55. The molecule has 0 heterocycles. The number of methoxy groups -OCH3 is 1. The molecule has 0 aromatic carbocycles. The maximum Gasteiger partial charge on any atom is 0.318 e. The Kier molecular flexibility index (Phi) is 9.78. The van der Waals surface area contributed by atoms with Crippen LogP contribution in [0.3, 0.4) is 0 Å². The molecule has 6 heteroatoms. The van der Waals surface area contributed by atoms with E-state index >= 15 is 0 Å². The Morgan fingerprint density at radius 1 is 1.32 bits per heavy atom. The molecule has 0 radical (unpaired) electrons. The molecule has 0 aliphatic rings. The van der Waals surface area contributed by atoms with Gasteiger partial charge in [-0.15, -0.1) is 18.1 Å². The summed E-state index contributed by atoms with van der Waals surface area (Å²) >= 11 is 0. The van der Waals surface area contributed by atoms with Crippen molar-refractivity contribution in [3.63, 3.8) is 0 Å². The van der Waals surface area contributed by atoms with Gasteiger partial charge in [0.25, 0.3) is 0 Å². The fourth-order valence-corrected chi connectivity index (χ4v) is 1.50. The van der Waals surface area contributed by atoms with Crippen LogP contribution < -0.4 is 0 Å². The first-order valence-electron chi connectivity index (χ1n) is 5.97. The van der Waals surface area contributed by atoms with E-state index in [1.54, 1.807) is 13.2 Å². The maximum atomic E-state index is 11.7. The minimum absolute atomic E-state index is 0.115. The second-order valence-corrected chi connectivity index (χ2v) is 3.87. The van der Waals surface area contributed by atoms with Crippen molar-refractivity contribution in [2.45, 2.75) is 24.9 Å². The average Bonchev–Trinajstić information content (AvgIpc) is 2.43. The van der Waals surface area contributed by atoms with Crippen LogP contribution in [0.4, 0.5) is 0 Å². The van der Waals surface area contributed by atoms with Gasteiger partial charge < -0.3 is 14.2 Å². The van der Waals surface area contributed by atoms with E-state index < -0.39 is 11.5 Å². The molecule has 0 N–H and O–H groups in total. The topological polar surface area (TPSA) is 74.2 Å². The predicted octanol–water partition coefficient (Wildman–Crippen LogP) is 2.20. The monoisotopic (exact) mass is 271 g/mol. The Bertz CT molecular complexity index is 305. The van der Waals surface area contributed by atoms with Gasteiger partial charge in [-0.2, -0.15) is 0 Å². The van der Waals surface area contributed by atoms with Gasteiger partial charge in [-0.3, -0.25) is 4.79 Å². The summed E-state index contributed by atoms with van der Waals surface area (Å²) < 4.78 is 15.4. The average molecular weight is 271 g/mol. The van der Waals surface area contributed by atoms with Crippen molar-refractivity contribution in [1.82, 2.24) is 0 Å². The number of carbonyl (C=O) groups excluding carboxylic acids is 1. The van der Waals surface area contributed by atoms with Crippen LogP contribution in [0.15, 0.2) is 30.5 Å². The summed E-state index contributed by atoms with van der Waals surface area (Å²) in [5.41, 5.74) is -1.31. The number of nitroso groups, excluding NO2 is 1. The smallest absolute Gasteiger partial charge is 0.318 e. The lowest BCUT2D eigenvalue weighted by Crippen LogP contribution is -2.41. The van der Waals surface area contributed by atoms with Crippen LogP contribution >= 0.6 is 0 Å². The van der Waals surface area contributed by atoms with Crippen LogP contribution in [-0.4, -0.2) is 38.6 Å². The molecule has 1 amide bonds. The lowest BCUT2D eigenvalue weighted by Gasteiger charge is -2.28. The van der Waals surface area contributed by atoms with Gasteiger partial charge in [0.2, 0.25) is 0 Å². The van der Waals surface area contributed by atoms with Gasteiger partial charge in [0.1, 0.15) is 6.79 Å². The summed E-state index contributed by atoms with van der Waals surface area (Å²) in [6, 6.07) is 0. The molecule has 0 aliphatic carbocycles. The number of ether oxygens (including phenoxy) is 3. The van der Waals surface area contributed by atoms with Crippen LogP contribution in [-0.2, 0) is 19.0 Å². The summed E-state index contributed by atoms with van der Waals surface area (Å²) in [4.78, 5) is 22.2. The van der Waals surface area contributed by atoms with Crippen molar-refractivity contribution in [2.75, 3.05) is 27.1 Å². The molecule has 0 bridgehead atoms. The Morgan fingerprint density at radius 3 is 2.58 bits per heavy atom. The molecule has 0 aliphatic heterocycles. The van der Waals surface area contributed by atoms with Crippen LogP contribution in [0.1, 0.15) is 19.3 Å². The zero-order chi connectivity index (χ0) is 14.6. The second-order valence-electron chi connectivity index (χ2n) is 3.87. The molecule has 0 rings (SSSR count). The lowest BCUT2D eigenvalue weighted by atomic mass is 9.92. The molecule has 1 unspecified atom stereocenters. The van der Waals surface area contributed by atoms with E-state index in [1.165, 1.54) is 6.08 Å². The van der Waals surface area contributed by atoms with E-state index in [0.29, 0.717) is 26.1 Å². The van der Waals surface area contributed by atoms with E-state index in [1.807, 2.05) is 0 Å². The predicted molar refractivity (Wildman–Crippen MR) is 71.6 cm³/mol. The van der Waals surface area contributed by atoms with Crippen molar-refractivity contribution in [3.8, 4) is 0 Å². The summed E-state index contributed by atoms with van der Waals surface area (Å²) in [7, 11) is 1.55. The molecular weight excluding hydrogens is 250 g/mol. The molecule has 6 nitrogen and oxygen atoms in total. The van der Waals surface area contributed by atoms with E-state index in [9.17, 15) is 9.70 Å². The highest BCUT2D eigenvalue weighted by atomic mass is 16.7. The normalized spacial score (nSPS) is 13.5. The van der Waals surface area contributed by atoms with Crippen LogP contribution in [0, 0.1) is 4.91 Å². The van der Waals surface area contributed by atoms with Crippen LogP contribution in [0.25, 0.3) is 0 Å². The highest BCUT2D eigenvalue weighted by Gasteiger charge is 2.39. The fraction of sp³-hybridized carbons (Fsp3) is 0.615. The van der Waals surface area contributed by atoms with Gasteiger partial charge in [0.15, 0.2) is 5.60 Å². The summed E-state index contributed by atoms with van der Waals surface area (Å²) in [6.07, 6.45) is 4.18. The number of hydrogen-bond donors (Lipinski definition) is 0. The van der Waals surface area contributed by atoms with E-state index in [2.05, 4.69) is 18.3 Å². The molecule has 19 heavy (non-hydrogen) atoms. The van der Waals surface area contributed by atoms with Crippen LogP contribution in [0.2, 0.25) is 0 Å². The highest BCUT2D eigenvalue weighted by molar-refractivity contribution is 5.86. The number of amides is 1. The number of hydrogen-bond acceptors (Lipinski definition) is 5. The Balaban J connectivity index is 4.59. The third-order valence-corrected chi connectivity index (χ3v) is 2.55. The van der Waals surface area contributed by atoms with Gasteiger partial charge >= 0.3 is 5.91 Å². The number of allylic oxidation sites excluding steroid dienone is 1. The maximum absolute atomic E-state index is 11.7. The molecule has 0 aromatic rings. The standard InChI is InChI=1S/C13H21NO5/c1-4-6-8-13(7-5-2,12(15)14-16)19-11-18-10-9-17-3/h4-5H,1-2,6-11H2,3H3. The second kappa shape index (κ2) is 10.5. The van der Waals surface area contributed by atoms with E-state index in [4.69, 9.17) is 14.2 Å². The van der Waals surface area contributed by atoms with Crippen molar-refractivity contribution < 1.29 is 19.0 Å². The largest absolute Gasteiger partial charge is 0.382 e. The third kappa shape index (κ3) is 6.37. The number of nitrogens with zero attached hydrogens (tertiary/aromatic N) is 1. The highest BCUT2D eigenvalue weighted by Crippen LogP contribution is 2.25. The van der Waals surface area contributed by atoms with Crippen molar-refractivity contribution in [3.05, 3.63) is 30.2 Å². The zero-order valence-corrected chi connectivity index (χ0v) is 11.3. The Labute approximate surface area is 113 Å². The molecule has 1 atom stereocenters. The van der Waals surface area contributed by atoms with Gasteiger partial charge in [-0.25, -0.2) is 0 Å². The quantitative estimate of drug-likeness (QED) is 0.235. The molecule has 0 fully saturated rings. The first kappa shape index (κ1) is 17.6. The van der Waals surface area contributed by atoms with Gasteiger partial charge in [0, 0.05) is 18.7 Å². The minimum Gasteiger partial charge on any atom is -0.382 e. The lowest BCUT2D eigenvalue weighted by molar-refractivity contribution is -0.169. The van der Waals surface area contributed by atoms with Crippen molar-refractivity contribution >= 4 is 5.91 Å². The van der Waals surface area contributed by atoms with Gasteiger partial charge in [-0.05, 0) is 12.8 Å². The van der Waals surface area contributed by atoms with Crippen molar-refractivity contribution in [1.29, 1.82) is 0 Å². The van der Waals surface area contributed by atoms with Crippen LogP contribution in [0.5, 0.6) is 0 Å². The molecule has 0 aromatic heterocycles. The summed E-state index contributed by atoms with van der Waals surface area (Å²) in [6.45, 7) is 7.79. The number of carbonyl (C=O) groups is 1. The first-order valence-corrected chi connectivity index (χ1v) is 5.97. The van der Waals surface area contributed by atoms with Crippen molar-refractivity contribution in [2.24, 2.45) is 5.18 Å².